The largest absolute Gasteiger partial charge is 0.337 e. The van der Waals surface area contributed by atoms with Crippen molar-refractivity contribution in [1.29, 1.82) is 0 Å². The van der Waals surface area contributed by atoms with E-state index in [2.05, 4.69) is 34.4 Å². The molecule has 0 amide bonds. The molecule has 0 aliphatic carbocycles. The molecule has 0 fully saturated rings. The molecule has 3 nitrogen and oxygen atoms in total. The number of imidazole rings is 1. The van der Waals surface area contributed by atoms with Gasteiger partial charge in [-0.25, -0.2) is 4.98 Å². The monoisotopic (exact) mass is 243 g/mol. The lowest BCUT2D eigenvalue weighted by Gasteiger charge is -1.94. The fourth-order valence-electron chi connectivity index (χ4n) is 1.91. The Labute approximate surface area is 103 Å². The zero-order valence-corrected chi connectivity index (χ0v) is 10.3. The van der Waals surface area contributed by atoms with Gasteiger partial charge in [0.1, 0.15) is 5.82 Å². The minimum Gasteiger partial charge on any atom is -0.337 e. The SMILES string of the molecule is Cc1ccsc1-c1nc2ccc(CN)cc2[nH]1. The molecule has 4 heteroatoms. The molecule has 0 unspecified atom stereocenters. The molecular weight excluding hydrogens is 230 g/mol. The molecule has 3 aromatic rings. The van der Waals surface area contributed by atoms with Gasteiger partial charge in [-0.3, -0.25) is 0 Å². The first-order valence-corrected chi connectivity index (χ1v) is 6.39. The van der Waals surface area contributed by atoms with Gasteiger partial charge in [0.15, 0.2) is 0 Å². The van der Waals surface area contributed by atoms with E-state index in [1.54, 1.807) is 11.3 Å². The molecule has 0 spiro atoms. The fraction of sp³-hybridized carbons (Fsp3) is 0.154. The number of aryl methyl sites for hydroxylation is 1. The summed E-state index contributed by atoms with van der Waals surface area (Å²) in [6.45, 7) is 2.66. The molecule has 17 heavy (non-hydrogen) atoms. The Bertz CT molecular complexity index is 666. The molecule has 1 aromatic carbocycles. The highest BCUT2D eigenvalue weighted by Gasteiger charge is 2.08. The topological polar surface area (TPSA) is 54.7 Å². The Hall–Kier alpha value is -1.65. The molecule has 0 saturated heterocycles. The molecule has 86 valence electrons. The van der Waals surface area contributed by atoms with Gasteiger partial charge in [-0.1, -0.05) is 6.07 Å². The molecule has 0 aliphatic heterocycles. The van der Waals surface area contributed by atoms with Gasteiger partial charge in [0, 0.05) is 6.54 Å². The zero-order valence-electron chi connectivity index (χ0n) is 9.53. The number of rotatable bonds is 2. The van der Waals surface area contributed by atoms with E-state index >= 15 is 0 Å². The standard InChI is InChI=1S/C13H13N3S/c1-8-4-5-17-12(8)13-15-10-3-2-9(7-14)6-11(10)16-13/h2-6H,7,14H2,1H3,(H,15,16). The highest BCUT2D eigenvalue weighted by Crippen LogP contribution is 2.28. The number of nitrogens with one attached hydrogen (secondary N) is 1. The van der Waals surface area contributed by atoms with Crippen molar-refractivity contribution in [2.75, 3.05) is 0 Å². The number of fused-ring (bicyclic) bond motifs is 1. The normalized spacial score (nSPS) is 11.2. The summed E-state index contributed by atoms with van der Waals surface area (Å²) < 4.78 is 0. The van der Waals surface area contributed by atoms with E-state index in [-0.39, 0.29) is 0 Å². The minimum absolute atomic E-state index is 0.558. The highest BCUT2D eigenvalue weighted by molar-refractivity contribution is 7.13. The number of nitrogens with zero attached hydrogens (tertiary/aromatic N) is 1. The summed E-state index contributed by atoms with van der Waals surface area (Å²) in [5.74, 6) is 0.946. The van der Waals surface area contributed by atoms with E-state index in [9.17, 15) is 0 Å². The third-order valence-corrected chi connectivity index (χ3v) is 3.88. The summed E-state index contributed by atoms with van der Waals surface area (Å²) in [6, 6.07) is 8.21. The van der Waals surface area contributed by atoms with Crippen molar-refractivity contribution in [2.24, 2.45) is 5.73 Å². The van der Waals surface area contributed by atoms with E-state index < -0.39 is 0 Å². The fourth-order valence-corrected chi connectivity index (χ4v) is 2.78. The van der Waals surface area contributed by atoms with Crippen LogP contribution in [-0.2, 0) is 6.54 Å². The molecule has 3 rings (SSSR count). The molecule has 0 bridgehead atoms. The van der Waals surface area contributed by atoms with E-state index in [1.807, 2.05) is 12.1 Å². The Balaban J connectivity index is 2.17. The van der Waals surface area contributed by atoms with Crippen LogP contribution in [0.15, 0.2) is 29.6 Å². The summed E-state index contributed by atoms with van der Waals surface area (Å²) >= 11 is 1.71. The molecule has 2 heterocycles. The Morgan fingerprint density at radius 2 is 2.24 bits per heavy atom. The van der Waals surface area contributed by atoms with Gasteiger partial charge < -0.3 is 10.7 Å². The maximum Gasteiger partial charge on any atom is 0.148 e. The summed E-state index contributed by atoms with van der Waals surface area (Å²) in [4.78, 5) is 9.17. The molecule has 3 N–H and O–H groups in total. The summed E-state index contributed by atoms with van der Waals surface area (Å²) in [5.41, 5.74) is 10.1. The van der Waals surface area contributed by atoms with Gasteiger partial charge in [-0.05, 0) is 41.6 Å². The van der Waals surface area contributed by atoms with Gasteiger partial charge in [0.25, 0.3) is 0 Å². The number of benzene rings is 1. The lowest BCUT2D eigenvalue weighted by molar-refractivity contribution is 1.07. The van der Waals surface area contributed by atoms with Crippen molar-refractivity contribution in [3.05, 3.63) is 40.8 Å². The van der Waals surface area contributed by atoms with E-state index in [0.29, 0.717) is 6.54 Å². The smallest absolute Gasteiger partial charge is 0.148 e. The number of aromatic nitrogens is 2. The molecule has 0 radical (unpaired) electrons. The second kappa shape index (κ2) is 3.98. The van der Waals surface area contributed by atoms with Gasteiger partial charge >= 0.3 is 0 Å². The zero-order chi connectivity index (χ0) is 11.8. The van der Waals surface area contributed by atoms with Crippen LogP contribution in [0.3, 0.4) is 0 Å². The molecule has 0 saturated carbocycles. The van der Waals surface area contributed by atoms with Crippen LogP contribution in [0.1, 0.15) is 11.1 Å². The van der Waals surface area contributed by atoms with Crippen molar-refractivity contribution >= 4 is 22.4 Å². The Morgan fingerprint density at radius 3 is 2.94 bits per heavy atom. The Kier molecular flexibility index (Phi) is 2.46. The van der Waals surface area contributed by atoms with Crippen LogP contribution in [0.2, 0.25) is 0 Å². The lowest BCUT2D eigenvalue weighted by atomic mass is 10.2. The quantitative estimate of drug-likeness (QED) is 0.726. The van der Waals surface area contributed by atoms with Crippen molar-refractivity contribution < 1.29 is 0 Å². The highest BCUT2D eigenvalue weighted by atomic mass is 32.1. The number of aromatic amines is 1. The van der Waals surface area contributed by atoms with Crippen LogP contribution >= 0.6 is 11.3 Å². The molecular formula is C13H13N3S. The second-order valence-corrected chi connectivity index (χ2v) is 4.99. The molecule has 0 aliphatic rings. The maximum atomic E-state index is 5.63. The number of nitrogens with two attached hydrogens (primary N) is 1. The van der Waals surface area contributed by atoms with Crippen LogP contribution in [0.25, 0.3) is 21.7 Å². The summed E-state index contributed by atoms with van der Waals surface area (Å²) in [7, 11) is 0. The van der Waals surface area contributed by atoms with Crippen LogP contribution in [0.5, 0.6) is 0 Å². The van der Waals surface area contributed by atoms with Crippen molar-refractivity contribution in [3.63, 3.8) is 0 Å². The number of thiophene rings is 1. The predicted molar refractivity (Wildman–Crippen MR) is 72.0 cm³/mol. The van der Waals surface area contributed by atoms with Gasteiger partial charge in [-0.2, -0.15) is 0 Å². The van der Waals surface area contributed by atoms with Crippen LogP contribution in [-0.4, -0.2) is 9.97 Å². The van der Waals surface area contributed by atoms with E-state index in [4.69, 9.17) is 5.73 Å². The van der Waals surface area contributed by atoms with Crippen molar-refractivity contribution in [3.8, 4) is 10.7 Å². The van der Waals surface area contributed by atoms with Gasteiger partial charge in [0.05, 0.1) is 15.9 Å². The second-order valence-electron chi connectivity index (χ2n) is 4.07. The first-order valence-electron chi connectivity index (χ1n) is 5.51. The van der Waals surface area contributed by atoms with Crippen LogP contribution in [0.4, 0.5) is 0 Å². The first-order chi connectivity index (χ1) is 8.28. The van der Waals surface area contributed by atoms with E-state index in [1.165, 1.54) is 10.4 Å². The molecule has 2 aromatic heterocycles. The Morgan fingerprint density at radius 1 is 1.35 bits per heavy atom. The number of hydrogen-bond acceptors (Lipinski definition) is 3. The molecule has 0 atom stereocenters. The summed E-state index contributed by atoms with van der Waals surface area (Å²) in [6.07, 6.45) is 0. The average molecular weight is 243 g/mol. The van der Waals surface area contributed by atoms with E-state index in [0.717, 1.165) is 22.4 Å². The number of hydrogen-bond donors (Lipinski definition) is 2. The maximum absolute atomic E-state index is 5.63. The van der Waals surface area contributed by atoms with Gasteiger partial charge in [-0.15, -0.1) is 11.3 Å². The van der Waals surface area contributed by atoms with Crippen LogP contribution in [0, 0.1) is 6.92 Å². The predicted octanol–water partition coefficient (Wildman–Crippen LogP) is 3.06. The van der Waals surface area contributed by atoms with Gasteiger partial charge in [0.2, 0.25) is 0 Å². The van der Waals surface area contributed by atoms with Crippen molar-refractivity contribution in [2.45, 2.75) is 13.5 Å². The first kappa shape index (κ1) is 10.5. The lowest BCUT2D eigenvalue weighted by Crippen LogP contribution is -1.95. The van der Waals surface area contributed by atoms with Crippen molar-refractivity contribution in [1.82, 2.24) is 9.97 Å². The third-order valence-electron chi connectivity index (χ3n) is 2.86. The summed E-state index contributed by atoms with van der Waals surface area (Å²) in [5, 5.41) is 2.09. The third kappa shape index (κ3) is 1.75. The number of H-pyrrole nitrogens is 1. The van der Waals surface area contributed by atoms with Crippen LogP contribution < -0.4 is 5.73 Å². The minimum atomic E-state index is 0.558. The average Bonchev–Trinajstić information content (AvgIpc) is 2.93.